The number of aryl methyl sites for hydroxylation is 1. The summed E-state index contributed by atoms with van der Waals surface area (Å²) in [5.41, 5.74) is 3.15. The van der Waals surface area contributed by atoms with Crippen molar-refractivity contribution in [1.29, 1.82) is 0 Å². The van der Waals surface area contributed by atoms with Crippen molar-refractivity contribution in [3.8, 4) is 21.3 Å². The highest BCUT2D eigenvalue weighted by Gasteiger charge is 2.21. The van der Waals surface area contributed by atoms with E-state index in [1.165, 1.54) is 0 Å². The highest BCUT2D eigenvalue weighted by molar-refractivity contribution is 7.91. The number of thiazole rings is 1. The Morgan fingerprint density at radius 1 is 0.962 bits per heavy atom. The summed E-state index contributed by atoms with van der Waals surface area (Å²) in [6.45, 7) is 3.06. The van der Waals surface area contributed by atoms with E-state index in [1.807, 2.05) is 37.4 Å². The number of anilines is 1. The van der Waals surface area contributed by atoms with E-state index < -0.39 is 9.84 Å². The SMILES string of the molecule is Cc1cnc(-c2ncc(-c3ccc(N4CCS(=O)(=O)CC4)cc3)s2)nc1. The summed E-state index contributed by atoms with van der Waals surface area (Å²) in [4.78, 5) is 16.3. The van der Waals surface area contributed by atoms with Crippen molar-refractivity contribution < 1.29 is 8.42 Å². The molecule has 2 aromatic heterocycles. The summed E-state index contributed by atoms with van der Waals surface area (Å²) in [6.07, 6.45) is 5.42. The minimum Gasteiger partial charge on any atom is -0.369 e. The van der Waals surface area contributed by atoms with Gasteiger partial charge >= 0.3 is 0 Å². The first kappa shape index (κ1) is 17.1. The number of benzene rings is 1. The largest absolute Gasteiger partial charge is 0.369 e. The van der Waals surface area contributed by atoms with Gasteiger partial charge in [0.1, 0.15) is 0 Å². The fourth-order valence-corrected chi connectivity index (χ4v) is 4.89. The molecule has 1 fully saturated rings. The number of rotatable bonds is 3. The molecule has 0 atom stereocenters. The lowest BCUT2D eigenvalue weighted by Gasteiger charge is -2.28. The predicted octanol–water partition coefficient (Wildman–Crippen LogP) is 2.81. The molecule has 0 amide bonds. The molecule has 6 nitrogen and oxygen atoms in total. The third-order valence-corrected chi connectivity index (χ3v) is 6.99. The van der Waals surface area contributed by atoms with Crippen molar-refractivity contribution in [3.63, 3.8) is 0 Å². The summed E-state index contributed by atoms with van der Waals surface area (Å²) in [5.74, 6) is 1.09. The van der Waals surface area contributed by atoms with E-state index in [2.05, 4.69) is 19.9 Å². The minimum absolute atomic E-state index is 0.226. The van der Waals surface area contributed by atoms with Crippen LogP contribution in [-0.4, -0.2) is 48.0 Å². The van der Waals surface area contributed by atoms with E-state index in [9.17, 15) is 8.42 Å². The van der Waals surface area contributed by atoms with Gasteiger partial charge in [-0.05, 0) is 30.2 Å². The third-order valence-electron chi connectivity index (χ3n) is 4.34. The van der Waals surface area contributed by atoms with Gasteiger partial charge in [0, 0.05) is 37.4 Å². The van der Waals surface area contributed by atoms with Gasteiger partial charge in [-0.1, -0.05) is 12.1 Å². The van der Waals surface area contributed by atoms with Crippen LogP contribution >= 0.6 is 11.3 Å². The van der Waals surface area contributed by atoms with E-state index in [1.54, 1.807) is 23.7 Å². The van der Waals surface area contributed by atoms with Crippen molar-refractivity contribution in [2.24, 2.45) is 0 Å². The molecule has 0 N–H and O–H groups in total. The van der Waals surface area contributed by atoms with Crippen LogP contribution in [0.5, 0.6) is 0 Å². The topological polar surface area (TPSA) is 76.1 Å². The van der Waals surface area contributed by atoms with E-state index in [0.717, 1.165) is 26.7 Å². The Bertz CT molecular complexity index is 998. The average molecular weight is 387 g/mol. The van der Waals surface area contributed by atoms with Gasteiger partial charge in [0.2, 0.25) is 0 Å². The molecule has 0 radical (unpaired) electrons. The van der Waals surface area contributed by atoms with Gasteiger partial charge in [-0.3, -0.25) is 0 Å². The lowest BCUT2D eigenvalue weighted by molar-refractivity contribution is 0.587. The van der Waals surface area contributed by atoms with Gasteiger partial charge in [-0.15, -0.1) is 11.3 Å². The maximum atomic E-state index is 11.6. The lowest BCUT2D eigenvalue weighted by Crippen LogP contribution is -2.40. The van der Waals surface area contributed by atoms with E-state index >= 15 is 0 Å². The van der Waals surface area contributed by atoms with Gasteiger partial charge in [0.05, 0.1) is 16.4 Å². The van der Waals surface area contributed by atoms with Crippen molar-refractivity contribution >= 4 is 26.9 Å². The van der Waals surface area contributed by atoms with Crippen LogP contribution in [0.3, 0.4) is 0 Å². The standard InChI is InChI=1S/C18H18N4O2S2/c1-13-10-19-17(20-11-13)18-21-12-16(25-18)14-2-4-15(5-3-14)22-6-8-26(23,24)9-7-22/h2-5,10-12H,6-9H2,1H3. The zero-order valence-electron chi connectivity index (χ0n) is 14.3. The van der Waals surface area contributed by atoms with Crippen molar-refractivity contribution in [1.82, 2.24) is 15.0 Å². The van der Waals surface area contributed by atoms with Crippen LogP contribution in [0.15, 0.2) is 42.9 Å². The van der Waals surface area contributed by atoms with Gasteiger partial charge in [0.25, 0.3) is 0 Å². The minimum atomic E-state index is -2.86. The van der Waals surface area contributed by atoms with Gasteiger partial charge in [-0.2, -0.15) is 0 Å². The van der Waals surface area contributed by atoms with Gasteiger partial charge in [0.15, 0.2) is 20.7 Å². The maximum absolute atomic E-state index is 11.6. The summed E-state index contributed by atoms with van der Waals surface area (Å²) in [7, 11) is -2.86. The summed E-state index contributed by atoms with van der Waals surface area (Å²) < 4.78 is 23.1. The molecule has 0 bridgehead atoms. The maximum Gasteiger partial charge on any atom is 0.188 e. The second-order valence-electron chi connectivity index (χ2n) is 6.30. The normalized spacial score (nSPS) is 16.6. The zero-order chi connectivity index (χ0) is 18.1. The fourth-order valence-electron chi connectivity index (χ4n) is 2.82. The van der Waals surface area contributed by atoms with Crippen LogP contribution in [-0.2, 0) is 9.84 Å². The van der Waals surface area contributed by atoms with Crippen LogP contribution < -0.4 is 4.90 Å². The van der Waals surface area contributed by atoms with Crippen molar-refractivity contribution in [2.45, 2.75) is 6.92 Å². The molecular weight excluding hydrogens is 368 g/mol. The summed E-state index contributed by atoms with van der Waals surface area (Å²) in [6, 6.07) is 8.17. The summed E-state index contributed by atoms with van der Waals surface area (Å²) >= 11 is 1.56. The van der Waals surface area contributed by atoms with E-state index in [0.29, 0.717) is 18.9 Å². The molecule has 134 valence electrons. The fraction of sp³-hybridized carbons (Fsp3) is 0.278. The van der Waals surface area contributed by atoms with E-state index in [4.69, 9.17) is 0 Å². The molecule has 0 spiro atoms. The van der Waals surface area contributed by atoms with Gasteiger partial charge < -0.3 is 4.90 Å². The Morgan fingerprint density at radius 2 is 1.62 bits per heavy atom. The lowest BCUT2D eigenvalue weighted by atomic mass is 10.2. The quantitative estimate of drug-likeness (QED) is 0.689. The zero-order valence-corrected chi connectivity index (χ0v) is 15.9. The van der Waals surface area contributed by atoms with Crippen molar-refractivity contribution in [2.75, 3.05) is 29.5 Å². The predicted molar refractivity (Wildman–Crippen MR) is 104 cm³/mol. The molecule has 26 heavy (non-hydrogen) atoms. The first-order valence-corrected chi connectivity index (χ1v) is 10.9. The Balaban J connectivity index is 1.51. The van der Waals surface area contributed by atoms with Crippen LogP contribution in [0.25, 0.3) is 21.3 Å². The Morgan fingerprint density at radius 3 is 2.27 bits per heavy atom. The number of sulfone groups is 1. The smallest absolute Gasteiger partial charge is 0.188 e. The first-order valence-electron chi connectivity index (χ1n) is 8.31. The van der Waals surface area contributed by atoms with Crippen molar-refractivity contribution in [3.05, 3.63) is 48.4 Å². The molecule has 0 saturated carbocycles. The van der Waals surface area contributed by atoms with E-state index in [-0.39, 0.29) is 11.5 Å². The number of hydrogen-bond acceptors (Lipinski definition) is 7. The number of aromatic nitrogens is 3. The molecule has 3 aromatic rings. The molecule has 0 aliphatic carbocycles. The molecule has 3 heterocycles. The Hall–Kier alpha value is -2.32. The highest BCUT2D eigenvalue weighted by atomic mass is 32.2. The highest BCUT2D eigenvalue weighted by Crippen LogP contribution is 2.31. The molecule has 1 aliphatic heterocycles. The number of hydrogen-bond donors (Lipinski definition) is 0. The second-order valence-corrected chi connectivity index (χ2v) is 9.63. The molecule has 1 aliphatic rings. The second kappa shape index (κ2) is 6.77. The molecule has 1 aromatic carbocycles. The first-order chi connectivity index (χ1) is 12.5. The summed E-state index contributed by atoms with van der Waals surface area (Å²) in [5, 5.41) is 0.797. The molecule has 0 unspecified atom stereocenters. The Labute approximate surface area is 156 Å². The van der Waals surface area contributed by atoms with Crippen LogP contribution in [0.4, 0.5) is 5.69 Å². The monoisotopic (exact) mass is 386 g/mol. The molecule has 8 heteroatoms. The average Bonchev–Trinajstić information content (AvgIpc) is 3.13. The van der Waals surface area contributed by atoms with Crippen LogP contribution in [0.1, 0.15) is 5.56 Å². The number of nitrogens with zero attached hydrogens (tertiary/aromatic N) is 4. The van der Waals surface area contributed by atoms with Gasteiger partial charge in [-0.25, -0.2) is 23.4 Å². The molecular formula is C18H18N4O2S2. The third kappa shape index (κ3) is 3.61. The van der Waals surface area contributed by atoms with Crippen LogP contribution in [0.2, 0.25) is 0 Å². The van der Waals surface area contributed by atoms with Crippen LogP contribution in [0, 0.1) is 6.92 Å². The molecule has 1 saturated heterocycles. The molecule has 4 rings (SSSR count). The Kier molecular flexibility index (Phi) is 4.46.